The number of hydrogen-bond acceptors (Lipinski definition) is 5. The van der Waals surface area contributed by atoms with Gasteiger partial charge in [-0.05, 0) is 18.6 Å². The summed E-state index contributed by atoms with van der Waals surface area (Å²) in [5.41, 5.74) is 0.557. The normalized spacial score (nSPS) is 13.0. The highest BCUT2D eigenvalue weighted by molar-refractivity contribution is 8.13. The second-order valence-corrected chi connectivity index (χ2v) is 7.48. The molecular weight excluding hydrogens is 314 g/mol. The largest absolute Gasteiger partial charge is 0.488 e. The third-order valence-electron chi connectivity index (χ3n) is 3.13. The number of nitrogens with zero attached hydrogens (tertiary/aromatic N) is 1. The molecule has 1 aromatic carbocycles. The summed E-state index contributed by atoms with van der Waals surface area (Å²) in [5, 5.41) is 9.78. The molecule has 0 fully saturated rings. The van der Waals surface area contributed by atoms with Crippen LogP contribution in [0.1, 0.15) is 19.1 Å². The van der Waals surface area contributed by atoms with Crippen LogP contribution in [0.15, 0.2) is 28.7 Å². The minimum Gasteiger partial charge on any atom is -0.488 e. The average Bonchev–Trinajstić information content (AvgIpc) is 2.80. The van der Waals surface area contributed by atoms with E-state index in [4.69, 9.17) is 25.1 Å². The zero-order valence-corrected chi connectivity index (χ0v) is 12.9. The van der Waals surface area contributed by atoms with Gasteiger partial charge in [-0.25, -0.2) is 8.42 Å². The van der Waals surface area contributed by atoms with E-state index in [1.165, 1.54) is 0 Å². The summed E-state index contributed by atoms with van der Waals surface area (Å²) in [6, 6.07) is 9.07. The van der Waals surface area contributed by atoms with Crippen molar-refractivity contribution in [3.05, 3.63) is 30.0 Å². The third-order valence-corrected chi connectivity index (χ3v) is 4.37. The lowest BCUT2D eigenvalue weighted by atomic mass is 10.1. The molecule has 0 saturated heterocycles. The summed E-state index contributed by atoms with van der Waals surface area (Å²) in [6.45, 7) is 2.01. The van der Waals surface area contributed by atoms with Crippen molar-refractivity contribution in [1.29, 1.82) is 5.26 Å². The van der Waals surface area contributed by atoms with Gasteiger partial charge in [0.05, 0.1) is 17.7 Å². The average molecular weight is 328 g/mol. The molecule has 1 aromatic heterocycles. The summed E-state index contributed by atoms with van der Waals surface area (Å²) < 4.78 is 33.3. The molecule has 112 valence electrons. The Labute approximate surface area is 127 Å². The Balaban J connectivity index is 2.21. The molecule has 0 radical (unpaired) electrons. The van der Waals surface area contributed by atoms with Crippen molar-refractivity contribution in [3.8, 4) is 11.8 Å². The summed E-state index contributed by atoms with van der Waals surface area (Å²) in [6.07, 6.45) is 0.601. The smallest absolute Gasteiger partial charge is 0.246 e. The number of hydrogen-bond donors (Lipinski definition) is 0. The van der Waals surface area contributed by atoms with Gasteiger partial charge in [-0.3, -0.25) is 0 Å². The number of nitriles is 1. The quantitative estimate of drug-likeness (QED) is 0.760. The van der Waals surface area contributed by atoms with Gasteiger partial charge in [0, 0.05) is 16.6 Å². The van der Waals surface area contributed by atoms with E-state index < -0.39 is 9.05 Å². The van der Waals surface area contributed by atoms with E-state index in [1.807, 2.05) is 19.1 Å². The van der Waals surface area contributed by atoms with E-state index in [0.717, 1.165) is 0 Å². The van der Waals surface area contributed by atoms with Gasteiger partial charge in [-0.15, -0.1) is 0 Å². The SMILES string of the molecule is CCC(COc1c(C#N)oc2ccccc12)CS(=O)(=O)Cl. The zero-order valence-electron chi connectivity index (χ0n) is 11.4. The molecule has 0 bridgehead atoms. The van der Waals surface area contributed by atoms with Crippen LogP contribution in [0.25, 0.3) is 11.0 Å². The fourth-order valence-electron chi connectivity index (χ4n) is 2.01. The van der Waals surface area contributed by atoms with Crippen LogP contribution in [0, 0.1) is 17.2 Å². The van der Waals surface area contributed by atoms with Crippen molar-refractivity contribution in [2.75, 3.05) is 12.4 Å². The molecule has 5 nitrogen and oxygen atoms in total. The predicted octanol–water partition coefficient (Wildman–Crippen LogP) is 3.28. The fourth-order valence-corrected chi connectivity index (χ4v) is 3.43. The molecule has 1 unspecified atom stereocenters. The van der Waals surface area contributed by atoms with Gasteiger partial charge in [0.15, 0.2) is 5.75 Å². The highest BCUT2D eigenvalue weighted by Crippen LogP contribution is 2.33. The Hall–Kier alpha value is -1.71. The Morgan fingerprint density at radius 1 is 1.43 bits per heavy atom. The number of halogens is 1. The van der Waals surface area contributed by atoms with E-state index in [9.17, 15) is 8.42 Å². The second-order valence-electron chi connectivity index (χ2n) is 4.66. The van der Waals surface area contributed by atoms with Crippen LogP contribution < -0.4 is 4.74 Å². The molecule has 0 amide bonds. The zero-order chi connectivity index (χ0) is 15.5. The number of benzene rings is 1. The molecule has 0 aliphatic rings. The first-order chi connectivity index (χ1) is 9.94. The standard InChI is InChI=1S/C14H14ClNO4S/c1-2-10(9-21(15,17)18)8-19-14-11-5-3-4-6-12(11)20-13(14)7-16/h3-6,10H,2,8-9H2,1H3. The molecule has 0 aliphatic carbocycles. The van der Waals surface area contributed by atoms with Crippen LogP contribution in [0.4, 0.5) is 0 Å². The lowest BCUT2D eigenvalue weighted by Gasteiger charge is -2.13. The molecule has 0 aliphatic heterocycles. The van der Waals surface area contributed by atoms with E-state index in [0.29, 0.717) is 23.1 Å². The van der Waals surface area contributed by atoms with E-state index in [2.05, 4.69) is 0 Å². The first kappa shape index (κ1) is 15.7. The molecule has 1 heterocycles. The van der Waals surface area contributed by atoms with Crippen LogP contribution in [0.3, 0.4) is 0 Å². The molecule has 7 heteroatoms. The lowest BCUT2D eigenvalue weighted by Crippen LogP contribution is -2.19. The lowest BCUT2D eigenvalue weighted by molar-refractivity contribution is 0.257. The summed E-state index contributed by atoms with van der Waals surface area (Å²) >= 11 is 0. The van der Waals surface area contributed by atoms with Crippen molar-refractivity contribution in [2.24, 2.45) is 5.92 Å². The first-order valence-corrected chi connectivity index (χ1v) is 8.89. The van der Waals surface area contributed by atoms with Crippen molar-refractivity contribution in [3.63, 3.8) is 0 Å². The Morgan fingerprint density at radius 3 is 2.76 bits per heavy atom. The van der Waals surface area contributed by atoms with Gasteiger partial charge in [0.25, 0.3) is 0 Å². The first-order valence-electron chi connectivity index (χ1n) is 6.41. The molecule has 0 saturated carbocycles. The highest BCUT2D eigenvalue weighted by Gasteiger charge is 2.20. The molecular formula is C14H14ClNO4S. The van der Waals surface area contributed by atoms with Gasteiger partial charge < -0.3 is 9.15 Å². The van der Waals surface area contributed by atoms with E-state index in [-0.39, 0.29) is 24.0 Å². The highest BCUT2D eigenvalue weighted by atomic mass is 35.7. The molecule has 21 heavy (non-hydrogen) atoms. The number of rotatable bonds is 6. The number of fused-ring (bicyclic) bond motifs is 1. The van der Waals surface area contributed by atoms with Crippen LogP contribution in [-0.4, -0.2) is 20.8 Å². The van der Waals surface area contributed by atoms with Gasteiger partial charge >= 0.3 is 0 Å². The van der Waals surface area contributed by atoms with E-state index in [1.54, 1.807) is 18.2 Å². The van der Waals surface area contributed by atoms with Crippen LogP contribution in [-0.2, 0) is 9.05 Å². The maximum atomic E-state index is 11.1. The monoisotopic (exact) mass is 327 g/mol. The summed E-state index contributed by atoms with van der Waals surface area (Å²) in [7, 11) is 1.69. The van der Waals surface area contributed by atoms with Gasteiger partial charge in [0.1, 0.15) is 11.7 Å². The summed E-state index contributed by atoms with van der Waals surface area (Å²) in [4.78, 5) is 0. The third kappa shape index (κ3) is 3.90. The van der Waals surface area contributed by atoms with E-state index >= 15 is 0 Å². The Kier molecular flexibility index (Phi) is 4.76. The molecule has 0 N–H and O–H groups in total. The van der Waals surface area contributed by atoms with Gasteiger partial charge in [-0.1, -0.05) is 19.1 Å². The number of ether oxygens (including phenoxy) is 1. The van der Waals surface area contributed by atoms with Crippen molar-refractivity contribution in [2.45, 2.75) is 13.3 Å². The minimum absolute atomic E-state index is 0.0831. The maximum absolute atomic E-state index is 11.1. The molecule has 2 rings (SSSR count). The van der Waals surface area contributed by atoms with Crippen molar-refractivity contribution >= 4 is 30.7 Å². The number of furan rings is 1. The topological polar surface area (TPSA) is 80.3 Å². The van der Waals surface area contributed by atoms with Crippen LogP contribution in [0.5, 0.6) is 5.75 Å². The van der Waals surface area contributed by atoms with Gasteiger partial charge in [-0.2, -0.15) is 5.26 Å². The predicted molar refractivity (Wildman–Crippen MR) is 79.8 cm³/mol. The molecule has 0 spiro atoms. The van der Waals surface area contributed by atoms with Crippen molar-refractivity contribution < 1.29 is 17.6 Å². The molecule has 2 aromatic rings. The fraction of sp³-hybridized carbons (Fsp3) is 0.357. The number of para-hydroxylation sites is 1. The molecule has 1 atom stereocenters. The van der Waals surface area contributed by atoms with Crippen LogP contribution >= 0.6 is 10.7 Å². The van der Waals surface area contributed by atoms with Gasteiger partial charge in [0.2, 0.25) is 14.8 Å². The second kappa shape index (κ2) is 6.37. The maximum Gasteiger partial charge on any atom is 0.246 e. The summed E-state index contributed by atoms with van der Waals surface area (Å²) in [5.74, 6) is 0.0222. The minimum atomic E-state index is -3.58. The Morgan fingerprint density at radius 2 is 2.14 bits per heavy atom. The van der Waals surface area contributed by atoms with Crippen molar-refractivity contribution in [1.82, 2.24) is 0 Å². The van der Waals surface area contributed by atoms with Crippen LogP contribution in [0.2, 0.25) is 0 Å². The Bertz CT molecular complexity index is 776.